The molecule has 0 aromatic carbocycles. The predicted molar refractivity (Wildman–Crippen MR) is 91.1 cm³/mol. The van der Waals surface area contributed by atoms with Gasteiger partial charge in [0.25, 0.3) is 0 Å². The molecule has 1 aliphatic rings. The van der Waals surface area contributed by atoms with Gasteiger partial charge in [0.05, 0.1) is 0 Å². The second-order valence-electron chi connectivity index (χ2n) is 7.87. The van der Waals surface area contributed by atoms with Crippen LogP contribution in [0.15, 0.2) is 0 Å². The molecule has 1 unspecified atom stereocenters. The summed E-state index contributed by atoms with van der Waals surface area (Å²) in [5.41, 5.74) is -0.430. The average Bonchev–Trinajstić information content (AvgIpc) is 2.39. The summed E-state index contributed by atoms with van der Waals surface area (Å²) in [5, 5.41) is 3.56. The molecule has 1 aliphatic heterocycles. The lowest BCUT2D eigenvalue weighted by molar-refractivity contribution is 0.0276. The number of nitrogens with one attached hydrogen (secondary N) is 1. The zero-order valence-corrected chi connectivity index (χ0v) is 15.3. The van der Waals surface area contributed by atoms with Crippen LogP contribution in [0.4, 0.5) is 4.79 Å². The van der Waals surface area contributed by atoms with Crippen molar-refractivity contribution in [3.8, 4) is 0 Å². The highest BCUT2D eigenvalue weighted by Crippen LogP contribution is 2.15. The first kappa shape index (κ1) is 19.2. The van der Waals surface area contributed by atoms with Crippen LogP contribution in [0.2, 0.25) is 0 Å². The molecule has 1 N–H and O–H groups in total. The number of likely N-dealkylation sites (tertiary alicyclic amines) is 1. The summed E-state index contributed by atoms with van der Waals surface area (Å²) in [7, 11) is 4.00. The van der Waals surface area contributed by atoms with Crippen LogP contribution >= 0.6 is 0 Å². The molecule has 130 valence electrons. The molecule has 1 amide bonds. The molecule has 1 heterocycles. The average molecular weight is 313 g/mol. The van der Waals surface area contributed by atoms with E-state index < -0.39 is 5.60 Å². The van der Waals surface area contributed by atoms with E-state index in [2.05, 4.69) is 24.2 Å². The van der Waals surface area contributed by atoms with Crippen LogP contribution < -0.4 is 5.32 Å². The monoisotopic (exact) mass is 313 g/mol. The lowest BCUT2D eigenvalue weighted by Crippen LogP contribution is -2.40. The van der Waals surface area contributed by atoms with Crippen LogP contribution in [-0.4, -0.2) is 68.3 Å². The van der Waals surface area contributed by atoms with Crippen LogP contribution in [0.1, 0.15) is 40.5 Å². The van der Waals surface area contributed by atoms with Crippen molar-refractivity contribution in [3.63, 3.8) is 0 Å². The lowest BCUT2D eigenvalue weighted by atomic mass is 9.97. The largest absolute Gasteiger partial charge is 0.444 e. The fourth-order valence-corrected chi connectivity index (χ4v) is 2.75. The van der Waals surface area contributed by atoms with Gasteiger partial charge in [-0.2, -0.15) is 0 Å². The van der Waals surface area contributed by atoms with Crippen molar-refractivity contribution in [2.24, 2.45) is 11.8 Å². The molecular weight excluding hydrogens is 278 g/mol. The molecule has 0 aromatic rings. The van der Waals surface area contributed by atoms with E-state index >= 15 is 0 Å². The van der Waals surface area contributed by atoms with Crippen molar-refractivity contribution < 1.29 is 9.53 Å². The number of hydrogen-bond acceptors (Lipinski definition) is 4. The molecule has 1 fully saturated rings. The van der Waals surface area contributed by atoms with Crippen LogP contribution in [-0.2, 0) is 4.74 Å². The Bertz CT molecular complexity index is 333. The summed E-state index contributed by atoms with van der Waals surface area (Å²) in [4.78, 5) is 16.0. The molecular formula is C17H35N3O2. The third-order valence-electron chi connectivity index (χ3n) is 4.05. The summed E-state index contributed by atoms with van der Waals surface area (Å²) in [6, 6.07) is 0. The molecule has 1 atom stereocenters. The SMILES string of the molecule is CC(CNCC1CCN(C)CC1)CN(C)C(=O)OC(C)(C)C. The second kappa shape index (κ2) is 8.73. The summed E-state index contributed by atoms with van der Waals surface area (Å²) < 4.78 is 5.37. The molecule has 0 aliphatic carbocycles. The summed E-state index contributed by atoms with van der Waals surface area (Å²) in [6.45, 7) is 13.0. The van der Waals surface area contributed by atoms with Crippen molar-refractivity contribution >= 4 is 6.09 Å². The number of amides is 1. The second-order valence-corrected chi connectivity index (χ2v) is 7.87. The number of carbonyl (C=O) groups excluding carboxylic acids is 1. The van der Waals surface area contributed by atoms with Crippen molar-refractivity contribution in [3.05, 3.63) is 0 Å². The van der Waals surface area contributed by atoms with Crippen LogP contribution in [0.3, 0.4) is 0 Å². The van der Waals surface area contributed by atoms with E-state index in [0.717, 1.165) is 25.6 Å². The van der Waals surface area contributed by atoms with Crippen LogP contribution in [0, 0.1) is 11.8 Å². The Morgan fingerprint density at radius 1 is 1.36 bits per heavy atom. The van der Waals surface area contributed by atoms with Gasteiger partial charge in [0.1, 0.15) is 5.60 Å². The number of rotatable bonds is 6. The Morgan fingerprint density at radius 2 is 1.95 bits per heavy atom. The highest BCUT2D eigenvalue weighted by Gasteiger charge is 2.21. The van der Waals surface area contributed by atoms with E-state index in [1.165, 1.54) is 25.9 Å². The van der Waals surface area contributed by atoms with E-state index in [-0.39, 0.29) is 6.09 Å². The highest BCUT2D eigenvalue weighted by molar-refractivity contribution is 5.67. The van der Waals surface area contributed by atoms with E-state index in [1.54, 1.807) is 4.90 Å². The van der Waals surface area contributed by atoms with Gasteiger partial charge in [0, 0.05) is 13.6 Å². The topological polar surface area (TPSA) is 44.8 Å². The Morgan fingerprint density at radius 3 is 2.50 bits per heavy atom. The zero-order chi connectivity index (χ0) is 16.8. The number of piperidine rings is 1. The van der Waals surface area contributed by atoms with E-state index in [1.807, 2.05) is 27.8 Å². The fourth-order valence-electron chi connectivity index (χ4n) is 2.75. The summed E-state index contributed by atoms with van der Waals surface area (Å²) in [5.74, 6) is 1.22. The molecule has 1 saturated heterocycles. The standard InChI is InChI=1S/C17H35N3O2/c1-14(13-20(6)16(21)22-17(2,3)4)11-18-12-15-7-9-19(5)10-8-15/h14-15,18H,7-13H2,1-6H3. The molecule has 5 heteroatoms. The molecule has 0 saturated carbocycles. The smallest absolute Gasteiger partial charge is 0.410 e. The Balaban J connectivity index is 2.17. The maximum atomic E-state index is 11.9. The molecule has 0 spiro atoms. The first-order chi connectivity index (χ1) is 10.2. The maximum absolute atomic E-state index is 11.9. The van der Waals surface area contributed by atoms with Crippen molar-refractivity contribution in [2.45, 2.75) is 46.1 Å². The maximum Gasteiger partial charge on any atom is 0.410 e. The number of hydrogen-bond donors (Lipinski definition) is 1. The predicted octanol–water partition coefficient (Wildman–Crippen LogP) is 2.42. The van der Waals surface area contributed by atoms with Crippen LogP contribution in [0.5, 0.6) is 0 Å². The number of ether oxygens (including phenoxy) is 1. The number of carbonyl (C=O) groups is 1. The van der Waals surface area contributed by atoms with Gasteiger partial charge in [-0.3, -0.25) is 0 Å². The molecule has 0 aromatic heterocycles. The highest BCUT2D eigenvalue weighted by atomic mass is 16.6. The van der Waals surface area contributed by atoms with E-state index in [4.69, 9.17) is 4.74 Å². The Hall–Kier alpha value is -0.810. The number of nitrogens with zero attached hydrogens (tertiary/aromatic N) is 2. The first-order valence-corrected chi connectivity index (χ1v) is 8.50. The quantitative estimate of drug-likeness (QED) is 0.818. The van der Waals surface area contributed by atoms with E-state index in [9.17, 15) is 4.79 Å². The third kappa shape index (κ3) is 7.99. The van der Waals surface area contributed by atoms with Gasteiger partial charge in [0.2, 0.25) is 0 Å². The van der Waals surface area contributed by atoms with Crippen molar-refractivity contribution in [1.82, 2.24) is 15.1 Å². The minimum Gasteiger partial charge on any atom is -0.444 e. The van der Waals surface area contributed by atoms with Gasteiger partial charge in [-0.1, -0.05) is 6.92 Å². The minimum atomic E-state index is -0.430. The zero-order valence-electron chi connectivity index (χ0n) is 15.3. The van der Waals surface area contributed by atoms with Gasteiger partial charge in [-0.15, -0.1) is 0 Å². The fraction of sp³-hybridized carbons (Fsp3) is 0.941. The van der Waals surface area contributed by atoms with Gasteiger partial charge < -0.3 is 19.9 Å². The van der Waals surface area contributed by atoms with Gasteiger partial charge in [-0.25, -0.2) is 4.79 Å². The Labute approximate surface area is 136 Å². The minimum absolute atomic E-state index is 0.241. The first-order valence-electron chi connectivity index (χ1n) is 8.50. The van der Waals surface area contributed by atoms with Gasteiger partial charge in [0.15, 0.2) is 0 Å². The molecule has 1 rings (SSSR count). The van der Waals surface area contributed by atoms with Crippen LogP contribution in [0.25, 0.3) is 0 Å². The summed E-state index contributed by atoms with van der Waals surface area (Å²) >= 11 is 0. The van der Waals surface area contributed by atoms with Gasteiger partial charge in [-0.05, 0) is 78.7 Å². The normalized spacial score (nSPS) is 19.0. The molecule has 22 heavy (non-hydrogen) atoms. The van der Waals surface area contributed by atoms with Crippen molar-refractivity contribution in [2.75, 3.05) is 46.8 Å². The Kier molecular flexibility index (Phi) is 7.63. The summed E-state index contributed by atoms with van der Waals surface area (Å²) in [6.07, 6.45) is 2.33. The van der Waals surface area contributed by atoms with Gasteiger partial charge >= 0.3 is 6.09 Å². The molecule has 0 bridgehead atoms. The molecule has 0 radical (unpaired) electrons. The van der Waals surface area contributed by atoms with Crippen molar-refractivity contribution in [1.29, 1.82) is 0 Å². The third-order valence-corrected chi connectivity index (χ3v) is 4.05. The lowest BCUT2D eigenvalue weighted by Gasteiger charge is -2.30. The van der Waals surface area contributed by atoms with E-state index in [0.29, 0.717) is 5.92 Å². The molecule has 5 nitrogen and oxygen atoms in total.